The Morgan fingerprint density at radius 2 is 0.772 bits per heavy atom. The fourth-order valence-corrected chi connectivity index (χ4v) is 15.5. The van der Waals surface area contributed by atoms with Crippen LogP contribution in [-0.4, -0.2) is 100 Å². The Bertz CT molecular complexity index is 6860. The Balaban J connectivity index is 0.000000133. The van der Waals surface area contributed by atoms with E-state index in [4.69, 9.17) is 76.5 Å². The van der Waals surface area contributed by atoms with E-state index in [1.165, 1.54) is 33.1 Å². The zero-order valence-corrected chi connectivity index (χ0v) is 64.2. The summed E-state index contributed by atoms with van der Waals surface area (Å²) in [7, 11) is 4.30. The number of fused-ring (bicyclic) bond motifs is 8. The summed E-state index contributed by atoms with van der Waals surface area (Å²) in [4.78, 5) is 108. The van der Waals surface area contributed by atoms with E-state index in [2.05, 4.69) is 15.3 Å². The molecular formula is C84H63Cl4N9O16S. The summed E-state index contributed by atoms with van der Waals surface area (Å²) in [6.07, 6.45) is 8.19. The minimum absolute atomic E-state index is 0.175. The second kappa shape index (κ2) is 33.3. The number of furan rings is 1. The molecule has 0 unspecified atom stereocenters. The molecule has 0 fully saturated rings. The van der Waals surface area contributed by atoms with Gasteiger partial charge in [0.2, 0.25) is 5.95 Å². The van der Waals surface area contributed by atoms with Crippen LogP contribution in [0.1, 0.15) is 0 Å². The van der Waals surface area contributed by atoms with Gasteiger partial charge >= 0.3 is 23.9 Å². The van der Waals surface area contributed by atoms with E-state index in [1.54, 1.807) is 183 Å². The first-order chi connectivity index (χ1) is 54.8. The lowest BCUT2D eigenvalue weighted by Crippen LogP contribution is -2.17. The summed E-state index contributed by atoms with van der Waals surface area (Å²) in [6.45, 7) is -1.37. The number of carboxylic acid groups (broad SMARTS) is 4. The summed E-state index contributed by atoms with van der Waals surface area (Å²) in [5.74, 6) is -2.97. The summed E-state index contributed by atoms with van der Waals surface area (Å²) in [5, 5.41) is 45.6. The van der Waals surface area contributed by atoms with Crippen LogP contribution in [0.5, 0.6) is 17.2 Å². The van der Waals surface area contributed by atoms with E-state index in [0.717, 1.165) is 33.4 Å². The van der Waals surface area contributed by atoms with E-state index in [-0.39, 0.29) is 65.1 Å². The predicted octanol–water partition coefficient (Wildman–Crippen LogP) is 16.6. The second-order valence-electron chi connectivity index (χ2n) is 25.5. The van der Waals surface area contributed by atoms with Gasteiger partial charge in [0.15, 0.2) is 39.0 Å². The Kier molecular flexibility index (Phi) is 23.0. The topological polar surface area (TPSA) is 368 Å². The molecule has 6 aromatic heterocycles. The zero-order chi connectivity index (χ0) is 81.1. The number of aliphatic carboxylic acids is 4. The van der Waals surface area contributed by atoms with Gasteiger partial charge in [-0.2, -0.15) is 0 Å². The number of nitrogens with zero attached hydrogens (tertiary/aromatic N) is 6. The zero-order valence-electron chi connectivity index (χ0n) is 60.4. The van der Waals surface area contributed by atoms with Crippen molar-refractivity contribution < 1.29 is 58.2 Å². The number of ether oxygens (including phenoxy) is 3. The molecule has 0 aliphatic carbocycles. The molecule has 0 atom stereocenters. The molecule has 0 saturated carbocycles. The van der Waals surface area contributed by atoms with Crippen LogP contribution in [0, 0.1) is 0 Å². The number of thioether (sulfide) groups is 1. The van der Waals surface area contributed by atoms with Gasteiger partial charge in [0.05, 0.1) is 119 Å². The standard InChI is InChI=1S/2C22H17ClN2O4.C20H15ClN4O3S.C20H14ClNO5/c1-29-22-17(23)9-8-16-20(22)25(11-19(26)27)18-10-13(4-7-15(18)21(16)28)12-2-5-14(24)6-3-12;1-29-22-17(23)8-7-16-20(22)25(11-19(26)27)18-10-13(5-6-15(18)21(16)28)12-3-2-4-14(24)9-12;1-29-19-14(21)6-5-13-17(19)25(10-16(26)27)15-9-11(3-4-12(15)18(13)28)24-20-22-7-2-8-23-20;1-26-20-15(21)5-4-14-18(20)22(9-17(23)24)16-8-11(12-6-7-27-10-12)2-3-13(16)19(14)25/h2*2-10H,11,24H2,1H3,(H,26,27);2-9H,10H2,1H3,(H,26,27)(H,22,23,24);2-8,10H,9H2,1H3,(H,23,24). The maximum Gasteiger partial charge on any atom is 0.323 e. The molecule has 574 valence electrons. The normalized spacial score (nSPS) is 11.1. The highest BCUT2D eigenvalue weighted by molar-refractivity contribution is 7.99. The number of methoxy groups -OCH3 is 3. The number of hydrogen-bond acceptors (Lipinski definition) is 18. The SMILES string of the molecule is COc1c(Cl)ccc2c(=O)c3ccc(-c4ccc(N)cc4)cc3n(CC(=O)O)c12.COc1c(Cl)ccc2c(=O)c3ccc(-c4cccc(N)c4)cc3n(CC(=O)O)c12.COc1c(Cl)ccc2c(=O)c3ccc(-c4ccoc4)cc3n(CC(=O)O)c12.CSc1c(Cl)ccc2c(=O)c3ccc(Nc4ncccn4)cc3n(CC(=O)O)c12. The average molecular weight is 1630 g/mol. The molecule has 0 saturated heterocycles. The van der Waals surface area contributed by atoms with Crippen LogP contribution in [0.15, 0.2) is 235 Å². The fraction of sp³-hybridized carbons (Fsp3) is 0.0952. The first-order valence-corrected chi connectivity index (χ1v) is 37.0. The highest BCUT2D eigenvalue weighted by Gasteiger charge is 2.25. The molecular weight excluding hydrogens is 1560 g/mol. The highest BCUT2D eigenvalue weighted by Crippen LogP contribution is 2.41. The summed E-state index contributed by atoms with van der Waals surface area (Å²) >= 11 is 26.5. The number of benzene rings is 10. The molecule has 30 heteroatoms. The third-order valence-corrected chi connectivity index (χ3v) is 20.8. The van der Waals surface area contributed by atoms with Crippen LogP contribution in [0.3, 0.4) is 0 Å². The molecule has 16 rings (SSSR count). The molecule has 114 heavy (non-hydrogen) atoms. The third-order valence-electron chi connectivity index (χ3n) is 18.7. The minimum atomic E-state index is -1.05. The number of halogens is 4. The minimum Gasteiger partial charge on any atom is -0.493 e. The van der Waals surface area contributed by atoms with Crippen LogP contribution in [0.4, 0.5) is 23.0 Å². The van der Waals surface area contributed by atoms with Crippen molar-refractivity contribution in [3.05, 3.63) is 268 Å². The van der Waals surface area contributed by atoms with Crippen molar-refractivity contribution >= 4 is 192 Å². The number of nitrogens with two attached hydrogens (primary N) is 2. The summed E-state index contributed by atoms with van der Waals surface area (Å²) < 4.78 is 27.6. The second-order valence-corrected chi connectivity index (χ2v) is 28.0. The Labute approximate surface area is 668 Å². The Hall–Kier alpha value is -13.4. The monoisotopic (exact) mass is 1630 g/mol. The first-order valence-electron chi connectivity index (χ1n) is 34.3. The molecule has 25 nitrogen and oxygen atoms in total. The number of carboxylic acids is 4. The van der Waals surface area contributed by atoms with E-state index < -0.39 is 23.9 Å². The summed E-state index contributed by atoms with van der Waals surface area (Å²) in [6, 6.07) is 52.0. The predicted molar refractivity (Wildman–Crippen MR) is 448 cm³/mol. The van der Waals surface area contributed by atoms with Gasteiger partial charge < -0.3 is 74.1 Å². The lowest BCUT2D eigenvalue weighted by atomic mass is 10.0. The maximum absolute atomic E-state index is 13.1. The number of carbonyl (C=O) groups is 4. The van der Waals surface area contributed by atoms with E-state index in [0.29, 0.717) is 135 Å². The van der Waals surface area contributed by atoms with Crippen LogP contribution in [0.25, 0.3) is 121 Å². The number of pyridine rings is 4. The maximum atomic E-state index is 13.1. The highest BCUT2D eigenvalue weighted by atomic mass is 35.5. The number of rotatable bonds is 17. The number of aromatic nitrogens is 6. The molecule has 6 heterocycles. The van der Waals surface area contributed by atoms with Crippen molar-refractivity contribution in [2.45, 2.75) is 31.1 Å². The molecule has 0 bridgehead atoms. The third kappa shape index (κ3) is 15.6. The molecule has 0 radical (unpaired) electrons. The molecule has 0 aliphatic heterocycles. The molecule has 16 aromatic rings. The lowest BCUT2D eigenvalue weighted by Gasteiger charge is -2.17. The number of nitrogens with one attached hydrogen (secondary N) is 1. The van der Waals surface area contributed by atoms with Crippen LogP contribution in [-0.2, 0) is 45.4 Å². The van der Waals surface area contributed by atoms with Gasteiger partial charge in [-0.05, 0) is 174 Å². The molecule has 9 N–H and O–H groups in total. The van der Waals surface area contributed by atoms with Gasteiger partial charge in [-0.15, -0.1) is 11.8 Å². The number of anilines is 4. The average Bonchev–Trinajstić information content (AvgIpc) is 0.793. The fourth-order valence-electron chi connectivity index (χ4n) is 13.7. The van der Waals surface area contributed by atoms with Crippen molar-refractivity contribution in [2.24, 2.45) is 0 Å². The number of hydrogen-bond donors (Lipinski definition) is 7. The smallest absolute Gasteiger partial charge is 0.323 e. The van der Waals surface area contributed by atoms with Crippen molar-refractivity contribution in [3.8, 4) is 50.6 Å². The van der Waals surface area contributed by atoms with Gasteiger partial charge in [0.1, 0.15) is 26.2 Å². The van der Waals surface area contributed by atoms with E-state index >= 15 is 0 Å². The first kappa shape index (κ1) is 78.7. The van der Waals surface area contributed by atoms with E-state index in [1.807, 2.05) is 48.7 Å². The van der Waals surface area contributed by atoms with Gasteiger partial charge in [0.25, 0.3) is 0 Å². The lowest BCUT2D eigenvalue weighted by molar-refractivity contribution is -0.138. The van der Waals surface area contributed by atoms with Crippen molar-refractivity contribution in [3.63, 3.8) is 0 Å². The van der Waals surface area contributed by atoms with Crippen LogP contribution in [0.2, 0.25) is 20.1 Å². The largest absolute Gasteiger partial charge is 0.493 e. The summed E-state index contributed by atoms with van der Waals surface area (Å²) in [5.41, 5.74) is 21.3. The van der Waals surface area contributed by atoms with Gasteiger partial charge in [-0.3, -0.25) is 38.4 Å². The van der Waals surface area contributed by atoms with Crippen molar-refractivity contribution in [2.75, 3.05) is 44.4 Å². The molecule has 0 amide bonds. The van der Waals surface area contributed by atoms with Crippen molar-refractivity contribution in [1.82, 2.24) is 28.2 Å². The van der Waals surface area contributed by atoms with Gasteiger partial charge in [0, 0.05) is 62.0 Å². The Morgan fingerprint density at radius 1 is 0.412 bits per heavy atom. The molecule has 10 aromatic carbocycles. The quantitative estimate of drug-likeness (QED) is 0.0253. The van der Waals surface area contributed by atoms with Crippen molar-refractivity contribution in [1.29, 1.82) is 0 Å². The Morgan fingerprint density at radius 3 is 1.17 bits per heavy atom. The van der Waals surface area contributed by atoms with Gasteiger partial charge in [-0.25, -0.2) is 9.97 Å². The molecule has 0 spiro atoms. The van der Waals surface area contributed by atoms with Gasteiger partial charge in [-0.1, -0.05) is 88.9 Å². The van der Waals surface area contributed by atoms with Crippen LogP contribution >= 0.6 is 58.2 Å². The number of nitrogen functional groups attached to an aromatic ring is 2. The molecule has 0 aliphatic rings. The van der Waals surface area contributed by atoms with E-state index in [9.17, 15) is 58.8 Å². The van der Waals surface area contributed by atoms with Crippen LogP contribution < -0.4 is 52.7 Å².